The first kappa shape index (κ1) is 18.7. The van der Waals surface area contributed by atoms with Gasteiger partial charge in [-0.05, 0) is 24.1 Å². The molecule has 1 aliphatic carbocycles. The molecule has 0 radical (unpaired) electrons. The van der Waals surface area contributed by atoms with Crippen LogP contribution in [0.1, 0.15) is 34.1 Å². The molecule has 7 nitrogen and oxygen atoms in total. The summed E-state index contributed by atoms with van der Waals surface area (Å²) in [5.74, 6) is 0.668. The third-order valence-corrected chi connectivity index (χ3v) is 4.94. The zero-order valence-electron chi connectivity index (χ0n) is 13.9. The van der Waals surface area contributed by atoms with Crippen molar-refractivity contribution >= 4 is 11.6 Å². The molecule has 1 aromatic carbocycles. The highest BCUT2D eigenvalue weighted by Crippen LogP contribution is 2.39. The summed E-state index contributed by atoms with van der Waals surface area (Å²) in [6.45, 7) is 0. The van der Waals surface area contributed by atoms with Gasteiger partial charge in [0, 0.05) is 12.5 Å². The summed E-state index contributed by atoms with van der Waals surface area (Å²) < 4.78 is 10.6. The highest BCUT2D eigenvalue weighted by Gasteiger charge is 2.43. The third kappa shape index (κ3) is 3.31. The fourth-order valence-corrected chi connectivity index (χ4v) is 3.35. The molecule has 140 valence electrons. The standard InChI is InChI=1S/C18H19ClO7/c1-25-12-5-3-8(6-10(12)20)2-4-9-7-11(21)13-15(22)17(24)16(23)14(19)18(13)26-9/h3,5-7,14-17,20,22-24H,2,4H2,1H3/t14-,15-,16-,17+/m0/s1. The van der Waals surface area contributed by atoms with Crippen LogP contribution in [0.25, 0.3) is 0 Å². The Morgan fingerprint density at radius 3 is 2.54 bits per heavy atom. The number of hydrogen-bond acceptors (Lipinski definition) is 7. The van der Waals surface area contributed by atoms with Crippen molar-refractivity contribution in [1.29, 1.82) is 0 Å². The van der Waals surface area contributed by atoms with E-state index in [9.17, 15) is 25.2 Å². The molecule has 1 aliphatic rings. The van der Waals surface area contributed by atoms with Gasteiger partial charge in [-0.3, -0.25) is 4.79 Å². The molecule has 8 heteroatoms. The van der Waals surface area contributed by atoms with Crippen LogP contribution in [0, 0.1) is 0 Å². The SMILES string of the molecule is COc1ccc(CCc2cc(=O)c3c(o2)[C@@H](Cl)[C@H](O)[C@H](O)[C@H]3O)cc1O. The number of rotatable bonds is 4. The number of aliphatic hydroxyl groups is 3. The molecule has 0 aliphatic heterocycles. The molecule has 2 aromatic rings. The van der Waals surface area contributed by atoms with Gasteiger partial charge in [-0.1, -0.05) is 6.07 Å². The zero-order valence-corrected chi connectivity index (χ0v) is 14.7. The minimum atomic E-state index is -1.56. The summed E-state index contributed by atoms with van der Waals surface area (Å²) in [4.78, 5) is 12.3. The van der Waals surface area contributed by atoms with E-state index in [1.54, 1.807) is 18.2 Å². The molecule has 0 fully saturated rings. The summed E-state index contributed by atoms with van der Waals surface area (Å²) in [6, 6.07) is 6.21. The molecule has 26 heavy (non-hydrogen) atoms. The first-order valence-electron chi connectivity index (χ1n) is 8.04. The van der Waals surface area contributed by atoms with Crippen LogP contribution >= 0.6 is 11.6 Å². The second kappa shape index (κ2) is 7.28. The highest BCUT2D eigenvalue weighted by atomic mass is 35.5. The Balaban J connectivity index is 1.86. The zero-order chi connectivity index (χ0) is 19.0. The number of phenolic OH excluding ortho intramolecular Hbond substituents is 1. The molecular formula is C18H19ClO7. The minimum Gasteiger partial charge on any atom is -0.504 e. The number of alkyl halides is 1. The van der Waals surface area contributed by atoms with Crippen molar-refractivity contribution in [1.82, 2.24) is 0 Å². The van der Waals surface area contributed by atoms with E-state index in [1.165, 1.54) is 13.2 Å². The van der Waals surface area contributed by atoms with Crippen molar-refractivity contribution in [2.75, 3.05) is 7.11 Å². The molecule has 4 N–H and O–H groups in total. The Labute approximate surface area is 154 Å². The minimum absolute atomic E-state index is 0.0120. The molecule has 4 atom stereocenters. The van der Waals surface area contributed by atoms with E-state index in [1.807, 2.05) is 0 Å². The maximum atomic E-state index is 12.3. The largest absolute Gasteiger partial charge is 0.504 e. The molecule has 0 saturated carbocycles. The number of aryl methyl sites for hydroxylation is 2. The predicted molar refractivity (Wildman–Crippen MR) is 92.6 cm³/mol. The lowest BCUT2D eigenvalue weighted by molar-refractivity contribution is -0.0756. The van der Waals surface area contributed by atoms with Crippen molar-refractivity contribution in [2.45, 2.75) is 36.5 Å². The first-order valence-corrected chi connectivity index (χ1v) is 8.48. The Morgan fingerprint density at radius 1 is 1.15 bits per heavy atom. The van der Waals surface area contributed by atoms with Crippen molar-refractivity contribution in [3.63, 3.8) is 0 Å². The van der Waals surface area contributed by atoms with E-state index in [0.29, 0.717) is 24.4 Å². The van der Waals surface area contributed by atoms with Crippen molar-refractivity contribution < 1.29 is 29.6 Å². The second-order valence-corrected chi connectivity index (χ2v) is 6.66. The van der Waals surface area contributed by atoms with Gasteiger partial charge in [-0.25, -0.2) is 0 Å². The van der Waals surface area contributed by atoms with Crippen molar-refractivity contribution in [2.24, 2.45) is 0 Å². The molecule has 0 amide bonds. The van der Waals surface area contributed by atoms with Gasteiger partial charge in [-0.2, -0.15) is 0 Å². The number of fused-ring (bicyclic) bond motifs is 1. The Bertz CT molecular complexity index is 863. The molecule has 0 saturated heterocycles. The second-order valence-electron chi connectivity index (χ2n) is 6.19. The Morgan fingerprint density at radius 2 is 1.88 bits per heavy atom. The van der Waals surface area contributed by atoms with Crippen LogP contribution in [-0.2, 0) is 12.8 Å². The number of benzene rings is 1. The topological polar surface area (TPSA) is 120 Å². The number of halogens is 1. The van der Waals surface area contributed by atoms with Crippen molar-refractivity contribution in [3.05, 3.63) is 57.1 Å². The van der Waals surface area contributed by atoms with E-state index >= 15 is 0 Å². The van der Waals surface area contributed by atoms with Crippen LogP contribution in [0.15, 0.2) is 33.5 Å². The van der Waals surface area contributed by atoms with E-state index in [-0.39, 0.29) is 17.1 Å². The van der Waals surface area contributed by atoms with Crippen LogP contribution in [0.2, 0.25) is 0 Å². The maximum Gasteiger partial charge on any atom is 0.191 e. The van der Waals surface area contributed by atoms with E-state index < -0.39 is 29.1 Å². The third-order valence-electron chi connectivity index (χ3n) is 4.49. The first-order chi connectivity index (χ1) is 12.3. The van der Waals surface area contributed by atoms with Crippen LogP contribution in [0.5, 0.6) is 11.5 Å². The predicted octanol–water partition coefficient (Wildman–Crippen LogP) is 1.19. The fourth-order valence-electron chi connectivity index (χ4n) is 3.03. The van der Waals surface area contributed by atoms with Gasteiger partial charge < -0.3 is 29.6 Å². The lowest BCUT2D eigenvalue weighted by Crippen LogP contribution is -2.42. The maximum absolute atomic E-state index is 12.3. The summed E-state index contributed by atoms with van der Waals surface area (Å²) in [5.41, 5.74) is 0.165. The monoisotopic (exact) mass is 382 g/mol. The molecule has 3 rings (SSSR count). The van der Waals surface area contributed by atoms with E-state index in [2.05, 4.69) is 0 Å². The summed E-state index contributed by atoms with van der Waals surface area (Å²) in [5, 5.41) is 38.4. The van der Waals surface area contributed by atoms with Crippen LogP contribution < -0.4 is 10.2 Å². The number of aliphatic hydroxyl groups excluding tert-OH is 3. The number of phenols is 1. The van der Waals surface area contributed by atoms with Gasteiger partial charge in [0.15, 0.2) is 16.9 Å². The van der Waals surface area contributed by atoms with Gasteiger partial charge in [0.25, 0.3) is 0 Å². The van der Waals surface area contributed by atoms with E-state index in [4.69, 9.17) is 20.8 Å². The number of methoxy groups -OCH3 is 1. The normalized spacial score (nSPS) is 25.0. The van der Waals surface area contributed by atoms with Crippen LogP contribution in [-0.4, -0.2) is 39.7 Å². The van der Waals surface area contributed by atoms with Crippen LogP contribution in [0.4, 0.5) is 0 Å². The molecule has 0 spiro atoms. The molecule has 1 aromatic heterocycles. The number of aromatic hydroxyl groups is 1. The quantitative estimate of drug-likeness (QED) is 0.586. The fraction of sp³-hybridized carbons (Fsp3) is 0.389. The number of ether oxygens (including phenoxy) is 1. The average Bonchev–Trinajstić information content (AvgIpc) is 2.62. The van der Waals surface area contributed by atoms with Gasteiger partial charge >= 0.3 is 0 Å². The Kier molecular flexibility index (Phi) is 5.24. The molecular weight excluding hydrogens is 364 g/mol. The lowest BCUT2D eigenvalue weighted by atomic mass is 9.88. The van der Waals surface area contributed by atoms with Gasteiger partial charge in [0.05, 0.1) is 12.7 Å². The molecule has 0 bridgehead atoms. The van der Waals surface area contributed by atoms with E-state index in [0.717, 1.165) is 5.56 Å². The molecule has 1 heterocycles. The highest BCUT2D eigenvalue weighted by molar-refractivity contribution is 6.21. The average molecular weight is 383 g/mol. The lowest BCUT2D eigenvalue weighted by Gasteiger charge is -2.32. The Hall–Kier alpha value is -2.06. The summed E-state index contributed by atoms with van der Waals surface area (Å²) >= 11 is 6.07. The number of hydrogen-bond donors (Lipinski definition) is 4. The smallest absolute Gasteiger partial charge is 0.191 e. The van der Waals surface area contributed by atoms with Gasteiger partial charge in [0.2, 0.25) is 0 Å². The van der Waals surface area contributed by atoms with Gasteiger partial charge in [0.1, 0.15) is 35.2 Å². The van der Waals surface area contributed by atoms with Gasteiger partial charge in [-0.15, -0.1) is 11.6 Å². The van der Waals surface area contributed by atoms with Crippen molar-refractivity contribution in [3.8, 4) is 11.5 Å². The molecule has 0 unspecified atom stereocenters. The van der Waals surface area contributed by atoms with Crippen LogP contribution in [0.3, 0.4) is 0 Å². The summed E-state index contributed by atoms with van der Waals surface area (Å²) in [7, 11) is 1.46. The summed E-state index contributed by atoms with van der Waals surface area (Å²) in [6.07, 6.45) is -3.75.